The number of aliphatic hydroxyl groups is 1. The van der Waals surface area contributed by atoms with Crippen molar-refractivity contribution in [1.82, 2.24) is 0 Å². The Morgan fingerprint density at radius 1 is 1.53 bits per heavy atom. The minimum Gasteiger partial charge on any atom is -0.389 e. The summed E-state index contributed by atoms with van der Waals surface area (Å²) in [4.78, 5) is 2.03. The molecule has 0 aliphatic heterocycles. The van der Waals surface area contributed by atoms with E-state index in [0.717, 1.165) is 18.7 Å². The zero-order chi connectivity index (χ0) is 12.8. The van der Waals surface area contributed by atoms with Crippen LogP contribution in [0.3, 0.4) is 0 Å². The van der Waals surface area contributed by atoms with Crippen molar-refractivity contribution < 1.29 is 9.50 Å². The summed E-state index contributed by atoms with van der Waals surface area (Å²) in [5.74, 6) is -0.359. The number of benzene rings is 1. The van der Waals surface area contributed by atoms with Gasteiger partial charge in [0, 0.05) is 24.3 Å². The molecule has 0 radical (unpaired) electrons. The van der Waals surface area contributed by atoms with Crippen molar-refractivity contribution in [2.75, 3.05) is 18.0 Å². The van der Waals surface area contributed by atoms with Gasteiger partial charge in [0.1, 0.15) is 5.82 Å². The van der Waals surface area contributed by atoms with Crippen molar-refractivity contribution in [2.45, 2.75) is 26.4 Å². The van der Waals surface area contributed by atoms with Crippen LogP contribution in [0.1, 0.15) is 31.9 Å². The second kappa shape index (κ2) is 6.40. The number of nitrogens with zero attached hydrogens (tertiary/aromatic N) is 1. The van der Waals surface area contributed by atoms with E-state index in [-0.39, 0.29) is 5.82 Å². The maximum Gasteiger partial charge on any atom is 0.131 e. The Balaban J connectivity index is 3.16. The van der Waals surface area contributed by atoms with E-state index in [1.807, 2.05) is 11.0 Å². The summed E-state index contributed by atoms with van der Waals surface area (Å²) in [5.41, 5.74) is 1.12. The molecule has 17 heavy (non-hydrogen) atoms. The number of hydrogen-bond acceptors (Lipinski definition) is 2. The Hall–Kier alpha value is -1.35. The van der Waals surface area contributed by atoms with Crippen LogP contribution in [0.4, 0.5) is 10.1 Å². The Morgan fingerprint density at radius 2 is 2.24 bits per heavy atom. The molecular weight excluding hydrogens is 217 g/mol. The van der Waals surface area contributed by atoms with Crippen LogP contribution in [-0.2, 0) is 0 Å². The summed E-state index contributed by atoms with van der Waals surface area (Å²) in [6, 6.07) is 4.89. The van der Waals surface area contributed by atoms with Crippen LogP contribution in [0.2, 0.25) is 0 Å². The average Bonchev–Trinajstić information content (AvgIpc) is 2.28. The molecule has 0 fully saturated rings. The minimum atomic E-state index is -0.810. The topological polar surface area (TPSA) is 23.5 Å². The predicted octanol–water partition coefficient (Wildman–Crippen LogP) is 3.28. The fraction of sp³-hybridized carbons (Fsp3) is 0.429. The van der Waals surface area contributed by atoms with Crippen LogP contribution in [-0.4, -0.2) is 18.2 Å². The van der Waals surface area contributed by atoms with Crippen molar-refractivity contribution in [3.63, 3.8) is 0 Å². The highest BCUT2D eigenvalue weighted by molar-refractivity contribution is 5.55. The van der Waals surface area contributed by atoms with E-state index in [1.165, 1.54) is 6.07 Å². The second-order valence-corrected chi connectivity index (χ2v) is 4.08. The van der Waals surface area contributed by atoms with Gasteiger partial charge in [-0.05, 0) is 25.5 Å². The number of aliphatic hydroxyl groups excluding tert-OH is 1. The Bertz CT molecular complexity index is 376. The third-order valence-electron chi connectivity index (χ3n) is 2.63. The smallest absolute Gasteiger partial charge is 0.131 e. The highest BCUT2D eigenvalue weighted by atomic mass is 19.1. The number of hydrogen-bond donors (Lipinski definition) is 1. The number of anilines is 1. The molecule has 2 nitrogen and oxygen atoms in total. The van der Waals surface area contributed by atoms with E-state index in [2.05, 4.69) is 13.5 Å². The second-order valence-electron chi connectivity index (χ2n) is 4.08. The minimum absolute atomic E-state index is 0.359. The lowest BCUT2D eigenvalue weighted by Crippen LogP contribution is -2.26. The van der Waals surface area contributed by atoms with Gasteiger partial charge in [-0.25, -0.2) is 4.39 Å². The monoisotopic (exact) mass is 237 g/mol. The highest BCUT2D eigenvalue weighted by Crippen LogP contribution is 2.29. The first-order valence-corrected chi connectivity index (χ1v) is 5.94. The van der Waals surface area contributed by atoms with Gasteiger partial charge in [-0.1, -0.05) is 19.1 Å². The van der Waals surface area contributed by atoms with Gasteiger partial charge in [0.05, 0.1) is 6.10 Å². The third kappa shape index (κ3) is 3.30. The summed E-state index contributed by atoms with van der Waals surface area (Å²) >= 11 is 0. The Morgan fingerprint density at radius 3 is 2.76 bits per heavy atom. The average molecular weight is 237 g/mol. The molecule has 0 unspecified atom stereocenters. The lowest BCUT2D eigenvalue weighted by Gasteiger charge is -2.26. The number of halogens is 1. The molecule has 0 saturated carbocycles. The SMILES string of the molecule is C=CCN(CCC)c1cccc(F)c1[C@@H](C)O. The van der Waals surface area contributed by atoms with Gasteiger partial charge in [-0.2, -0.15) is 0 Å². The van der Waals surface area contributed by atoms with E-state index in [9.17, 15) is 9.50 Å². The van der Waals surface area contributed by atoms with E-state index >= 15 is 0 Å². The molecule has 0 aliphatic carbocycles. The van der Waals surface area contributed by atoms with E-state index in [0.29, 0.717) is 12.1 Å². The first kappa shape index (κ1) is 13.7. The van der Waals surface area contributed by atoms with Crippen molar-refractivity contribution in [3.05, 3.63) is 42.2 Å². The normalized spacial score (nSPS) is 12.2. The lowest BCUT2D eigenvalue weighted by atomic mass is 10.1. The van der Waals surface area contributed by atoms with Crippen molar-refractivity contribution in [1.29, 1.82) is 0 Å². The maximum absolute atomic E-state index is 13.7. The van der Waals surface area contributed by atoms with Crippen LogP contribution in [0, 0.1) is 5.82 Å². The highest BCUT2D eigenvalue weighted by Gasteiger charge is 2.17. The first-order valence-electron chi connectivity index (χ1n) is 5.94. The van der Waals surface area contributed by atoms with E-state index in [4.69, 9.17) is 0 Å². The van der Waals surface area contributed by atoms with Crippen LogP contribution >= 0.6 is 0 Å². The molecule has 0 aliphatic rings. The standard InChI is InChI=1S/C14H20FNO/c1-4-9-16(10-5-2)13-8-6-7-12(15)14(13)11(3)17/h4,6-8,11,17H,1,5,9-10H2,2-3H3/t11-/m1/s1. The van der Waals surface area contributed by atoms with Gasteiger partial charge < -0.3 is 10.0 Å². The molecule has 0 heterocycles. The van der Waals surface area contributed by atoms with Crippen LogP contribution in [0.5, 0.6) is 0 Å². The van der Waals surface area contributed by atoms with Gasteiger partial charge in [0.15, 0.2) is 0 Å². The van der Waals surface area contributed by atoms with E-state index < -0.39 is 6.10 Å². The summed E-state index contributed by atoms with van der Waals surface area (Å²) in [7, 11) is 0. The molecule has 1 aromatic carbocycles. The molecule has 1 aromatic rings. The molecule has 0 aromatic heterocycles. The zero-order valence-corrected chi connectivity index (χ0v) is 10.5. The molecule has 1 N–H and O–H groups in total. The molecule has 94 valence electrons. The predicted molar refractivity (Wildman–Crippen MR) is 69.7 cm³/mol. The van der Waals surface area contributed by atoms with Crippen molar-refractivity contribution in [3.8, 4) is 0 Å². The molecule has 1 rings (SSSR count). The van der Waals surface area contributed by atoms with Gasteiger partial charge in [-0.3, -0.25) is 0 Å². The quantitative estimate of drug-likeness (QED) is 0.767. The van der Waals surface area contributed by atoms with Gasteiger partial charge in [0.2, 0.25) is 0 Å². The molecule has 3 heteroatoms. The fourth-order valence-electron chi connectivity index (χ4n) is 1.95. The lowest BCUT2D eigenvalue weighted by molar-refractivity contribution is 0.194. The summed E-state index contributed by atoms with van der Waals surface area (Å²) in [6.07, 6.45) is 1.94. The summed E-state index contributed by atoms with van der Waals surface area (Å²) < 4.78 is 13.7. The number of rotatable bonds is 6. The Labute approximate surface area is 102 Å². The fourth-order valence-corrected chi connectivity index (χ4v) is 1.95. The molecule has 0 spiro atoms. The molecule has 0 amide bonds. The van der Waals surface area contributed by atoms with Gasteiger partial charge in [-0.15, -0.1) is 6.58 Å². The molecule has 0 saturated heterocycles. The summed E-state index contributed by atoms with van der Waals surface area (Å²) in [5, 5.41) is 9.68. The van der Waals surface area contributed by atoms with Crippen LogP contribution in [0.15, 0.2) is 30.9 Å². The van der Waals surface area contributed by atoms with Gasteiger partial charge in [0.25, 0.3) is 0 Å². The van der Waals surface area contributed by atoms with Crippen molar-refractivity contribution >= 4 is 5.69 Å². The first-order chi connectivity index (χ1) is 8.11. The largest absolute Gasteiger partial charge is 0.389 e. The molecule has 0 bridgehead atoms. The Kier molecular flexibility index (Phi) is 5.16. The van der Waals surface area contributed by atoms with Crippen LogP contribution < -0.4 is 4.90 Å². The third-order valence-corrected chi connectivity index (χ3v) is 2.63. The maximum atomic E-state index is 13.7. The molecular formula is C14H20FNO. The zero-order valence-electron chi connectivity index (χ0n) is 10.5. The van der Waals surface area contributed by atoms with Gasteiger partial charge >= 0.3 is 0 Å². The van der Waals surface area contributed by atoms with Crippen molar-refractivity contribution in [2.24, 2.45) is 0 Å². The summed E-state index contributed by atoms with van der Waals surface area (Å²) in [6.45, 7) is 8.82. The van der Waals surface area contributed by atoms with E-state index in [1.54, 1.807) is 19.1 Å². The molecule has 1 atom stereocenters. The van der Waals surface area contributed by atoms with Crippen LogP contribution in [0.25, 0.3) is 0 Å².